The van der Waals surface area contributed by atoms with Crippen molar-refractivity contribution in [3.8, 4) is 11.1 Å². The van der Waals surface area contributed by atoms with Gasteiger partial charge in [0.2, 0.25) is 0 Å². The largest absolute Gasteiger partial charge is 0.460 e. The molecule has 1 aliphatic rings. The van der Waals surface area contributed by atoms with Gasteiger partial charge in [0, 0.05) is 23.4 Å². The van der Waals surface area contributed by atoms with Gasteiger partial charge < -0.3 is 4.74 Å². The lowest BCUT2D eigenvalue weighted by Gasteiger charge is -2.19. The number of ketones is 1. The molecule has 0 N–H and O–H groups in total. The van der Waals surface area contributed by atoms with E-state index in [1.165, 1.54) is 25.7 Å². The number of hydrogen-bond donors (Lipinski definition) is 0. The maximum absolute atomic E-state index is 12.5. The minimum atomic E-state index is -0.590. The fourth-order valence-corrected chi connectivity index (χ4v) is 3.56. The molecule has 1 saturated carbocycles. The Hall–Kier alpha value is -2.49. The number of aromatic nitrogens is 1. The Morgan fingerprint density at radius 3 is 2.48 bits per heavy atom. The van der Waals surface area contributed by atoms with Crippen LogP contribution in [-0.2, 0) is 9.53 Å². The summed E-state index contributed by atoms with van der Waals surface area (Å²) in [5, 5.41) is 0. The van der Waals surface area contributed by atoms with Gasteiger partial charge in [0.15, 0.2) is 5.78 Å². The van der Waals surface area contributed by atoms with Crippen LogP contribution in [-0.4, -0.2) is 22.3 Å². The van der Waals surface area contributed by atoms with Crippen LogP contribution in [0.25, 0.3) is 11.1 Å². The van der Waals surface area contributed by atoms with Gasteiger partial charge in [0.1, 0.15) is 12.0 Å². The zero-order valence-electron chi connectivity index (χ0n) is 16.3. The quantitative estimate of drug-likeness (QED) is 0.409. The third kappa shape index (κ3) is 5.25. The van der Waals surface area contributed by atoms with Gasteiger partial charge in [-0.25, -0.2) is 0 Å². The van der Waals surface area contributed by atoms with Crippen molar-refractivity contribution in [3.05, 3.63) is 53.9 Å². The molecule has 27 heavy (non-hydrogen) atoms. The molecule has 1 fully saturated rings. The highest BCUT2D eigenvalue weighted by Crippen LogP contribution is 2.34. The summed E-state index contributed by atoms with van der Waals surface area (Å²) in [6.07, 6.45) is 6.54. The highest BCUT2D eigenvalue weighted by molar-refractivity contribution is 6.06. The molecule has 0 atom stereocenters. The van der Waals surface area contributed by atoms with Gasteiger partial charge in [0.25, 0.3) is 0 Å². The molecule has 4 nitrogen and oxygen atoms in total. The van der Waals surface area contributed by atoms with Gasteiger partial charge in [-0.2, -0.15) is 0 Å². The zero-order valence-corrected chi connectivity index (χ0v) is 16.3. The van der Waals surface area contributed by atoms with E-state index in [-0.39, 0.29) is 12.2 Å². The molecule has 0 spiro atoms. The van der Waals surface area contributed by atoms with Crippen LogP contribution in [0.2, 0.25) is 0 Å². The second-order valence-corrected chi connectivity index (χ2v) is 8.22. The van der Waals surface area contributed by atoms with Crippen LogP contribution < -0.4 is 0 Å². The Labute approximate surface area is 161 Å². The van der Waals surface area contributed by atoms with E-state index in [1.807, 2.05) is 30.5 Å². The summed E-state index contributed by atoms with van der Waals surface area (Å²) < 4.78 is 5.25. The number of nitrogens with zero attached hydrogens (tertiary/aromatic N) is 1. The fraction of sp³-hybridized carbons (Fsp3) is 0.435. The lowest BCUT2D eigenvalue weighted by atomic mass is 9.97. The topological polar surface area (TPSA) is 56.3 Å². The van der Waals surface area contributed by atoms with Crippen molar-refractivity contribution in [3.63, 3.8) is 0 Å². The van der Waals surface area contributed by atoms with Gasteiger partial charge in [-0.15, -0.1) is 0 Å². The second kappa shape index (κ2) is 8.03. The van der Waals surface area contributed by atoms with Crippen molar-refractivity contribution in [1.82, 2.24) is 4.98 Å². The van der Waals surface area contributed by atoms with Gasteiger partial charge in [-0.05, 0) is 62.9 Å². The highest BCUT2D eigenvalue weighted by atomic mass is 16.6. The van der Waals surface area contributed by atoms with Crippen molar-refractivity contribution in [1.29, 1.82) is 0 Å². The summed E-state index contributed by atoms with van der Waals surface area (Å²) in [5.41, 5.74) is 3.09. The molecule has 1 aromatic carbocycles. The highest BCUT2D eigenvalue weighted by Gasteiger charge is 2.21. The predicted octanol–water partition coefficient (Wildman–Crippen LogP) is 5.32. The smallest absolute Gasteiger partial charge is 0.314 e. The SMILES string of the molecule is CC(C)(C)OC(=O)CC(=O)c1cccc(-c2ccnc(C3CCCC3)c2)c1. The maximum Gasteiger partial charge on any atom is 0.314 e. The minimum absolute atomic E-state index is 0.226. The average molecular weight is 365 g/mol. The van der Waals surface area contributed by atoms with E-state index in [1.54, 1.807) is 26.8 Å². The van der Waals surface area contributed by atoms with Crippen molar-refractivity contribution < 1.29 is 14.3 Å². The number of hydrogen-bond acceptors (Lipinski definition) is 4. The normalized spacial score (nSPS) is 14.9. The molecule has 1 aliphatic carbocycles. The minimum Gasteiger partial charge on any atom is -0.460 e. The first-order valence-corrected chi connectivity index (χ1v) is 9.63. The standard InChI is InChI=1S/C23H27NO3/c1-23(2,3)27-22(26)15-21(25)19-10-6-9-17(13-19)18-11-12-24-20(14-18)16-7-4-5-8-16/h6,9-14,16H,4-5,7-8,15H2,1-3H3. The van der Waals surface area contributed by atoms with E-state index in [0.717, 1.165) is 16.8 Å². The van der Waals surface area contributed by atoms with Crippen LogP contribution in [0.5, 0.6) is 0 Å². The molecule has 0 radical (unpaired) electrons. The lowest BCUT2D eigenvalue weighted by molar-refractivity contribution is -0.153. The number of carbonyl (C=O) groups excluding carboxylic acids is 2. The molecule has 0 amide bonds. The van der Waals surface area contributed by atoms with Crippen molar-refractivity contribution in [2.45, 2.75) is 64.4 Å². The fourth-order valence-electron chi connectivity index (χ4n) is 3.56. The first kappa shape index (κ1) is 19.3. The van der Waals surface area contributed by atoms with Crippen LogP contribution in [0.4, 0.5) is 0 Å². The van der Waals surface area contributed by atoms with Crippen LogP contribution in [0.15, 0.2) is 42.6 Å². The van der Waals surface area contributed by atoms with Gasteiger partial charge in [-0.1, -0.05) is 31.0 Å². The van der Waals surface area contributed by atoms with E-state index in [9.17, 15) is 9.59 Å². The summed E-state index contributed by atoms with van der Waals surface area (Å²) in [7, 11) is 0. The predicted molar refractivity (Wildman–Crippen MR) is 106 cm³/mol. The molecular weight excluding hydrogens is 338 g/mol. The number of Topliss-reactive ketones (excluding diaryl/α,β-unsaturated/α-hetero) is 1. The summed E-state index contributed by atoms with van der Waals surface area (Å²) >= 11 is 0. The monoisotopic (exact) mass is 365 g/mol. The van der Waals surface area contributed by atoms with Crippen LogP contribution in [0, 0.1) is 0 Å². The molecule has 0 saturated heterocycles. The Kier molecular flexibility index (Phi) is 5.73. The third-order valence-electron chi connectivity index (χ3n) is 4.80. The van der Waals surface area contributed by atoms with Gasteiger partial charge in [-0.3, -0.25) is 14.6 Å². The Morgan fingerprint density at radius 2 is 1.78 bits per heavy atom. The number of esters is 1. The molecule has 1 aromatic heterocycles. The number of carbonyl (C=O) groups is 2. The van der Waals surface area contributed by atoms with Crippen LogP contribution >= 0.6 is 0 Å². The molecule has 0 aliphatic heterocycles. The van der Waals surface area contributed by atoms with Crippen molar-refractivity contribution in [2.75, 3.05) is 0 Å². The van der Waals surface area contributed by atoms with Crippen molar-refractivity contribution >= 4 is 11.8 Å². The molecule has 142 valence electrons. The summed E-state index contributed by atoms with van der Waals surface area (Å²) in [6.45, 7) is 5.38. The molecule has 0 unspecified atom stereocenters. The van der Waals surface area contributed by atoms with E-state index >= 15 is 0 Å². The lowest BCUT2D eigenvalue weighted by Crippen LogP contribution is -2.25. The van der Waals surface area contributed by atoms with Crippen LogP contribution in [0.3, 0.4) is 0 Å². The maximum atomic E-state index is 12.5. The molecule has 2 aromatic rings. The third-order valence-corrected chi connectivity index (χ3v) is 4.80. The first-order valence-electron chi connectivity index (χ1n) is 9.63. The summed E-state index contributed by atoms with van der Waals surface area (Å²) in [6, 6.07) is 11.5. The van der Waals surface area contributed by atoms with E-state index < -0.39 is 11.6 Å². The summed E-state index contributed by atoms with van der Waals surface area (Å²) in [5.74, 6) is -0.177. The van der Waals surface area contributed by atoms with E-state index in [0.29, 0.717) is 11.5 Å². The Morgan fingerprint density at radius 1 is 1.07 bits per heavy atom. The molecular formula is C23H27NO3. The van der Waals surface area contributed by atoms with E-state index in [4.69, 9.17) is 4.74 Å². The molecule has 0 bridgehead atoms. The average Bonchev–Trinajstić information content (AvgIpc) is 3.15. The number of ether oxygens (including phenoxy) is 1. The van der Waals surface area contributed by atoms with E-state index in [2.05, 4.69) is 11.1 Å². The Bertz CT molecular complexity index is 830. The molecule has 1 heterocycles. The second-order valence-electron chi connectivity index (χ2n) is 8.22. The van der Waals surface area contributed by atoms with Crippen molar-refractivity contribution in [2.24, 2.45) is 0 Å². The Balaban J connectivity index is 1.76. The van der Waals surface area contributed by atoms with Gasteiger partial charge in [0.05, 0.1) is 0 Å². The molecule has 3 rings (SSSR count). The number of benzene rings is 1. The first-order chi connectivity index (χ1) is 12.8. The molecule has 4 heteroatoms. The zero-order chi connectivity index (χ0) is 19.4. The summed E-state index contributed by atoms with van der Waals surface area (Å²) in [4.78, 5) is 29.0. The number of pyridine rings is 1. The number of rotatable bonds is 5. The van der Waals surface area contributed by atoms with Gasteiger partial charge >= 0.3 is 5.97 Å². The van der Waals surface area contributed by atoms with Crippen LogP contribution in [0.1, 0.15) is 74.8 Å².